The highest BCUT2D eigenvalue weighted by atomic mass is 32.1. The number of anilines is 1. The SMILES string of the molecule is Cc1sc2ncnc(N3CCCC(CN)C3)c2c1C. The largest absolute Gasteiger partial charge is 0.356 e. The Bertz CT molecular complexity index is 592. The summed E-state index contributed by atoms with van der Waals surface area (Å²) in [5.41, 5.74) is 7.16. The summed E-state index contributed by atoms with van der Waals surface area (Å²) in [5, 5.41) is 1.24. The van der Waals surface area contributed by atoms with Crippen LogP contribution >= 0.6 is 11.3 Å². The third kappa shape index (κ3) is 2.21. The molecule has 19 heavy (non-hydrogen) atoms. The maximum Gasteiger partial charge on any atom is 0.141 e. The zero-order valence-corrected chi connectivity index (χ0v) is 12.3. The lowest BCUT2D eigenvalue weighted by Crippen LogP contribution is -2.38. The van der Waals surface area contributed by atoms with E-state index in [9.17, 15) is 0 Å². The van der Waals surface area contributed by atoms with Gasteiger partial charge < -0.3 is 10.6 Å². The molecule has 4 nitrogen and oxygen atoms in total. The molecule has 0 saturated carbocycles. The smallest absolute Gasteiger partial charge is 0.141 e. The minimum atomic E-state index is 0.596. The van der Waals surface area contributed by atoms with Crippen LogP contribution in [0.25, 0.3) is 10.2 Å². The number of hydrogen-bond donors (Lipinski definition) is 1. The van der Waals surface area contributed by atoms with Crippen LogP contribution < -0.4 is 10.6 Å². The fourth-order valence-electron chi connectivity index (χ4n) is 2.85. The normalized spacial score (nSPS) is 20.2. The first-order chi connectivity index (χ1) is 9.20. The molecule has 2 aromatic heterocycles. The molecule has 1 atom stereocenters. The minimum Gasteiger partial charge on any atom is -0.356 e. The highest BCUT2D eigenvalue weighted by Crippen LogP contribution is 2.35. The number of aromatic nitrogens is 2. The van der Waals surface area contributed by atoms with Gasteiger partial charge in [-0.3, -0.25) is 0 Å². The molecular formula is C14H20N4S. The molecule has 0 amide bonds. The highest BCUT2D eigenvalue weighted by molar-refractivity contribution is 7.18. The zero-order chi connectivity index (χ0) is 13.4. The van der Waals surface area contributed by atoms with E-state index >= 15 is 0 Å². The first kappa shape index (κ1) is 12.8. The monoisotopic (exact) mass is 276 g/mol. The summed E-state index contributed by atoms with van der Waals surface area (Å²) in [6, 6.07) is 0. The summed E-state index contributed by atoms with van der Waals surface area (Å²) in [5.74, 6) is 1.70. The lowest BCUT2D eigenvalue weighted by molar-refractivity contribution is 0.422. The van der Waals surface area contributed by atoms with Crippen LogP contribution in [0.4, 0.5) is 5.82 Å². The van der Waals surface area contributed by atoms with Crippen molar-refractivity contribution in [1.29, 1.82) is 0 Å². The van der Waals surface area contributed by atoms with Crippen LogP contribution in [0.3, 0.4) is 0 Å². The third-order valence-electron chi connectivity index (χ3n) is 4.10. The molecule has 0 spiro atoms. The topological polar surface area (TPSA) is 55.0 Å². The first-order valence-corrected chi connectivity index (χ1v) is 7.68. The van der Waals surface area contributed by atoms with Crippen LogP contribution in [0.1, 0.15) is 23.3 Å². The molecule has 1 aliphatic rings. The number of thiophene rings is 1. The van der Waals surface area contributed by atoms with Crippen LogP contribution in [-0.2, 0) is 0 Å². The number of fused-ring (bicyclic) bond motifs is 1. The summed E-state index contributed by atoms with van der Waals surface area (Å²) >= 11 is 1.76. The number of aryl methyl sites for hydroxylation is 2. The minimum absolute atomic E-state index is 0.596. The molecule has 2 N–H and O–H groups in total. The fraction of sp³-hybridized carbons (Fsp3) is 0.571. The molecule has 1 unspecified atom stereocenters. The maximum atomic E-state index is 5.83. The molecule has 3 heterocycles. The van der Waals surface area contributed by atoms with E-state index in [-0.39, 0.29) is 0 Å². The van der Waals surface area contributed by atoms with Crippen LogP contribution in [0.15, 0.2) is 6.33 Å². The molecule has 0 aromatic carbocycles. The molecule has 1 saturated heterocycles. The Kier molecular flexibility index (Phi) is 3.41. The second-order valence-electron chi connectivity index (χ2n) is 5.35. The van der Waals surface area contributed by atoms with Crippen LogP contribution in [0, 0.1) is 19.8 Å². The van der Waals surface area contributed by atoms with Gasteiger partial charge in [0.15, 0.2) is 0 Å². The molecule has 3 rings (SSSR count). The predicted molar refractivity (Wildman–Crippen MR) is 80.9 cm³/mol. The summed E-state index contributed by atoms with van der Waals surface area (Å²) in [4.78, 5) is 13.8. The van der Waals surface area contributed by atoms with Crippen molar-refractivity contribution in [3.05, 3.63) is 16.8 Å². The quantitative estimate of drug-likeness (QED) is 0.915. The molecule has 102 valence electrons. The van der Waals surface area contributed by atoms with Crippen molar-refractivity contribution in [2.45, 2.75) is 26.7 Å². The van der Waals surface area contributed by atoms with Gasteiger partial charge in [-0.15, -0.1) is 11.3 Å². The molecule has 0 bridgehead atoms. The van der Waals surface area contributed by atoms with Crippen molar-refractivity contribution >= 4 is 27.4 Å². The van der Waals surface area contributed by atoms with E-state index in [1.807, 2.05) is 0 Å². The van der Waals surface area contributed by atoms with Gasteiger partial charge in [0.1, 0.15) is 17.0 Å². The average molecular weight is 276 g/mol. The van der Waals surface area contributed by atoms with E-state index in [4.69, 9.17) is 5.73 Å². The Hall–Kier alpha value is -1.20. The Morgan fingerprint density at radius 2 is 2.26 bits per heavy atom. The summed E-state index contributed by atoms with van der Waals surface area (Å²) < 4.78 is 0. The molecule has 2 aromatic rings. The Morgan fingerprint density at radius 1 is 1.42 bits per heavy atom. The molecule has 1 fully saturated rings. The van der Waals surface area contributed by atoms with E-state index in [1.165, 1.54) is 28.7 Å². The van der Waals surface area contributed by atoms with Gasteiger partial charge in [0, 0.05) is 18.0 Å². The van der Waals surface area contributed by atoms with E-state index in [0.717, 1.165) is 30.3 Å². The number of nitrogens with two attached hydrogens (primary N) is 1. The Morgan fingerprint density at radius 3 is 3.05 bits per heavy atom. The average Bonchev–Trinajstić information content (AvgIpc) is 2.74. The second kappa shape index (κ2) is 5.06. The number of rotatable bonds is 2. The summed E-state index contributed by atoms with van der Waals surface area (Å²) in [6.07, 6.45) is 4.14. The summed E-state index contributed by atoms with van der Waals surface area (Å²) in [7, 11) is 0. The first-order valence-electron chi connectivity index (χ1n) is 6.86. The Balaban J connectivity index is 2.04. The van der Waals surface area contributed by atoms with E-state index in [2.05, 4.69) is 28.7 Å². The highest BCUT2D eigenvalue weighted by Gasteiger charge is 2.23. The van der Waals surface area contributed by atoms with Gasteiger partial charge in [0.2, 0.25) is 0 Å². The van der Waals surface area contributed by atoms with Gasteiger partial charge >= 0.3 is 0 Å². The van der Waals surface area contributed by atoms with Crippen LogP contribution in [-0.4, -0.2) is 29.6 Å². The fourth-order valence-corrected chi connectivity index (χ4v) is 3.84. The molecule has 1 aliphatic heterocycles. The van der Waals surface area contributed by atoms with Crippen molar-refractivity contribution in [2.75, 3.05) is 24.5 Å². The molecular weight excluding hydrogens is 256 g/mol. The van der Waals surface area contributed by atoms with E-state index in [1.54, 1.807) is 17.7 Å². The number of piperidine rings is 1. The lowest BCUT2D eigenvalue weighted by Gasteiger charge is -2.33. The predicted octanol–water partition coefficient (Wildman–Crippen LogP) is 2.48. The molecule has 5 heteroatoms. The standard InChI is InChI=1S/C14H20N4S/c1-9-10(2)19-14-12(9)13(16-8-17-14)18-5-3-4-11(6-15)7-18/h8,11H,3-7,15H2,1-2H3. The van der Waals surface area contributed by atoms with Crippen molar-refractivity contribution in [3.8, 4) is 0 Å². The number of nitrogens with zero attached hydrogens (tertiary/aromatic N) is 3. The van der Waals surface area contributed by atoms with Gasteiger partial charge in [-0.1, -0.05) is 0 Å². The van der Waals surface area contributed by atoms with Gasteiger partial charge in [0.05, 0.1) is 5.39 Å². The Labute approximate surface area is 117 Å². The van der Waals surface area contributed by atoms with E-state index < -0.39 is 0 Å². The lowest BCUT2D eigenvalue weighted by atomic mass is 9.98. The van der Waals surface area contributed by atoms with Crippen molar-refractivity contribution in [1.82, 2.24) is 9.97 Å². The van der Waals surface area contributed by atoms with Crippen molar-refractivity contribution in [3.63, 3.8) is 0 Å². The summed E-state index contributed by atoms with van der Waals surface area (Å²) in [6.45, 7) is 7.20. The molecule has 0 aliphatic carbocycles. The third-order valence-corrected chi connectivity index (χ3v) is 5.21. The van der Waals surface area contributed by atoms with Gasteiger partial charge in [-0.05, 0) is 44.7 Å². The van der Waals surface area contributed by atoms with Gasteiger partial charge in [-0.2, -0.15) is 0 Å². The molecule has 0 radical (unpaired) electrons. The van der Waals surface area contributed by atoms with E-state index in [0.29, 0.717) is 5.92 Å². The second-order valence-corrected chi connectivity index (χ2v) is 6.55. The van der Waals surface area contributed by atoms with Crippen molar-refractivity contribution in [2.24, 2.45) is 11.7 Å². The van der Waals surface area contributed by atoms with Gasteiger partial charge in [-0.25, -0.2) is 9.97 Å². The zero-order valence-electron chi connectivity index (χ0n) is 11.5. The maximum absolute atomic E-state index is 5.83. The van der Waals surface area contributed by atoms with Crippen molar-refractivity contribution < 1.29 is 0 Å². The van der Waals surface area contributed by atoms with Gasteiger partial charge in [0.25, 0.3) is 0 Å². The number of hydrogen-bond acceptors (Lipinski definition) is 5. The van der Waals surface area contributed by atoms with Crippen LogP contribution in [0.2, 0.25) is 0 Å². The van der Waals surface area contributed by atoms with Crippen LogP contribution in [0.5, 0.6) is 0 Å².